The van der Waals surface area contributed by atoms with Gasteiger partial charge in [-0.3, -0.25) is 0 Å². The van der Waals surface area contributed by atoms with E-state index in [9.17, 15) is 4.79 Å². The van der Waals surface area contributed by atoms with Crippen LogP contribution in [0.2, 0.25) is 0 Å². The highest BCUT2D eigenvalue weighted by molar-refractivity contribution is 7.84. The molecule has 0 aromatic rings. The average Bonchev–Trinajstić information content (AvgIpc) is 2.04. The number of thiol groups is 1. The van der Waals surface area contributed by atoms with Crippen molar-refractivity contribution in [3.63, 3.8) is 0 Å². The summed E-state index contributed by atoms with van der Waals surface area (Å²) >= 11 is 4.31. The van der Waals surface area contributed by atoms with Gasteiger partial charge in [-0.1, -0.05) is 13.8 Å². The van der Waals surface area contributed by atoms with E-state index < -0.39 is 0 Å². The summed E-state index contributed by atoms with van der Waals surface area (Å²) in [4.78, 5) is 12.1. The van der Waals surface area contributed by atoms with Crippen LogP contribution in [0.1, 0.15) is 26.7 Å². The summed E-state index contributed by atoms with van der Waals surface area (Å²) in [5.41, 5.74) is 0.764. The Bertz CT molecular complexity index is 219. The number of ether oxygens (including phenoxy) is 1. The molecule has 3 heteroatoms. The highest BCUT2D eigenvalue weighted by Crippen LogP contribution is 2.25. The van der Waals surface area contributed by atoms with Crippen LogP contribution in [0.25, 0.3) is 0 Å². The first kappa shape index (κ1) is 9.65. The van der Waals surface area contributed by atoms with Crippen molar-refractivity contribution in [1.82, 2.24) is 0 Å². The van der Waals surface area contributed by atoms with Crippen molar-refractivity contribution >= 4 is 18.6 Å². The van der Waals surface area contributed by atoms with Crippen LogP contribution in [0, 0.1) is 5.92 Å². The zero-order chi connectivity index (χ0) is 9.14. The van der Waals surface area contributed by atoms with E-state index in [1.807, 2.05) is 13.8 Å². The largest absolute Gasteiger partial charge is 0.462 e. The Morgan fingerprint density at radius 1 is 1.58 bits per heavy atom. The van der Waals surface area contributed by atoms with Gasteiger partial charge in [0, 0.05) is 5.57 Å². The van der Waals surface area contributed by atoms with E-state index in [1.165, 1.54) is 0 Å². The van der Waals surface area contributed by atoms with E-state index in [0.717, 1.165) is 23.3 Å². The zero-order valence-electron chi connectivity index (χ0n) is 7.46. The Morgan fingerprint density at radius 3 is 2.75 bits per heavy atom. The molecule has 1 heterocycles. The minimum absolute atomic E-state index is 0.181. The first-order valence-electron chi connectivity index (χ1n) is 4.22. The van der Waals surface area contributed by atoms with Crippen LogP contribution in [0.3, 0.4) is 0 Å². The number of carbonyl (C=O) groups excluding carboxylic acids is 1. The van der Waals surface area contributed by atoms with Crippen molar-refractivity contribution in [3.05, 3.63) is 10.5 Å². The van der Waals surface area contributed by atoms with E-state index in [2.05, 4.69) is 12.6 Å². The standard InChI is InChI=1S/C9H14O2S/c1-6(2)8(12)7-4-3-5-11-9(7)10/h6,12H,3-5H2,1-2H3/b8-7-. The van der Waals surface area contributed by atoms with Crippen molar-refractivity contribution in [2.45, 2.75) is 26.7 Å². The lowest BCUT2D eigenvalue weighted by Crippen LogP contribution is -2.17. The highest BCUT2D eigenvalue weighted by Gasteiger charge is 2.20. The van der Waals surface area contributed by atoms with E-state index in [-0.39, 0.29) is 5.97 Å². The third-order valence-electron chi connectivity index (χ3n) is 1.91. The Morgan fingerprint density at radius 2 is 2.25 bits per heavy atom. The van der Waals surface area contributed by atoms with Gasteiger partial charge in [0.25, 0.3) is 0 Å². The van der Waals surface area contributed by atoms with Crippen molar-refractivity contribution in [2.24, 2.45) is 5.92 Å². The predicted octanol–water partition coefficient (Wildman–Crippen LogP) is 2.16. The van der Waals surface area contributed by atoms with Crippen molar-refractivity contribution in [1.29, 1.82) is 0 Å². The monoisotopic (exact) mass is 186 g/mol. The molecular weight excluding hydrogens is 172 g/mol. The van der Waals surface area contributed by atoms with Gasteiger partial charge in [-0.15, -0.1) is 12.6 Å². The van der Waals surface area contributed by atoms with Gasteiger partial charge in [-0.05, 0) is 23.7 Å². The van der Waals surface area contributed by atoms with Gasteiger partial charge in [0.1, 0.15) is 0 Å². The molecule has 0 aromatic heterocycles. The van der Waals surface area contributed by atoms with Crippen molar-refractivity contribution < 1.29 is 9.53 Å². The summed E-state index contributed by atoms with van der Waals surface area (Å²) in [7, 11) is 0. The second-order valence-corrected chi connectivity index (χ2v) is 3.74. The van der Waals surface area contributed by atoms with Gasteiger partial charge in [0.05, 0.1) is 6.61 Å². The fourth-order valence-corrected chi connectivity index (χ4v) is 1.39. The number of hydrogen-bond acceptors (Lipinski definition) is 3. The maximum atomic E-state index is 11.2. The van der Waals surface area contributed by atoms with E-state index in [1.54, 1.807) is 0 Å². The fraction of sp³-hybridized carbons (Fsp3) is 0.667. The molecule has 0 aliphatic carbocycles. The van der Waals surface area contributed by atoms with Crippen LogP contribution in [0.5, 0.6) is 0 Å². The van der Waals surface area contributed by atoms with E-state index in [4.69, 9.17) is 4.74 Å². The summed E-state index contributed by atoms with van der Waals surface area (Å²) in [6.07, 6.45) is 1.74. The van der Waals surface area contributed by atoms with Gasteiger partial charge >= 0.3 is 5.97 Å². The lowest BCUT2D eigenvalue weighted by atomic mass is 10.0. The summed E-state index contributed by atoms with van der Waals surface area (Å²) in [6.45, 7) is 4.61. The van der Waals surface area contributed by atoms with Gasteiger partial charge in [-0.2, -0.15) is 0 Å². The number of hydrogen-bond donors (Lipinski definition) is 1. The van der Waals surface area contributed by atoms with Crippen LogP contribution in [0.4, 0.5) is 0 Å². The molecule has 0 amide bonds. The van der Waals surface area contributed by atoms with Crippen LogP contribution in [0.15, 0.2) is 10.5 Å². The fourth-order valence-electron chi connectivity index (χ4n) is 1.18. The molecule has 1 rings (SSSR count). The lowest BCUT2D eigenvalue weighted by molar-refractivity contribution is -0.141. The third kappa shape index (κ3) is 2.03. The van der Waals surface area contributed by atoms with Gasteiger partial charge in [0.15, 0.2) is 0 Å². The maximum Gasteiger partial charge on any atom is 0.334 e. The van der Waals surface area contributed by atoms with Gasteiger partial charge in [0.2, 0.25) is 0 Å². The van der Waals surface area contributed by atoms with Crippen molar-refractivity contribution in [2.75, 3.05) is 6.61 Å². The van der Waals surface area contributed by atoms with Crippen molar-refractivity contribution in [3.8, 4) is 0 Å². The number of allylic oxidation sites excluding steroid dienone is 1. The zero-order valence-corrected chi connectivity index (χ0v) is 8.36. The predicted molar refractivity (Wildman–Crippen MR) is 51.0 cm³/mol. The number of cyclic esters (lactones) is 1. The Kier molecular flexibility index (Phi) is 3.20. The van der Waals surface area contributed by atoms with Crippen LogP contribution in [-0.2, 0) is 9.53 Å². The highest BCUT2D eigenvalue weighted by atomic mass is 32.1. The number of carbonyl (C=O) groups is 1. The molecule has 0 saturated carbocycles. The normalized spacial score (nSPS) is 22.5. The first-order valence-corrected chi connectivity index (χ1v) is 4.66. The van der Waals surface area contributed by atoms with Gasteiger partial charge in [-0.25, -0.2) is 4.79 Å². The maximum absolute atomic E-state index is 11.2. The molecule has 0 N–H and O–H groups in total. The second kappa shape index (κ2) is 3.99. The summed E-state index contributed by atoms with van der Waals surface area (Å²) in [6, 6.07) is 0. The second-order valence-electron chi connectivity index (χ2n) is 3.26. The summed E-state index contributed by atoms with van der Waals surface area (Å²) in [5.74, 6) is 0.133. The quantitative estimate of drug-likeness (QED) is 0.386. The summed E-state index contributed by atoms with van der Waals surface area (Å²) < 4.78 is 4.92. The molecule has 2 nitrogen and oxygen atoms in total. The lowest BCUT2D eigenvalue weighted by Gasteiger charge is -2.17. The van der Waals surface area contributed by atoms with Crippen LogP contribution < -0.4 is 0 Å². The number of esters is 1. The molecule has 0 bridgehead atoms. The summed E-state index contributed by atoms with van der Waals surface area (Å²) in [5, 5.41) is 0. The third-order valence-corrected chi connectivity index (χ3v) is 2.69. The van der Waals surface area contributed by atoms with Gasteiger partial charge < -0.3 is 4.74 Å². The molecule has 12 heavy (non-hydrogen) atoms. The average molecular weight is 186 g/mol. The molecule has 1 aliphatic heterocycles. The minimum Gasteiger partial charge on any atom is -0.462 e. The topological polar surface area (TPSA) is 26.3 Å². The first-order chi connectivity index (χ1) is 5.63. The Hall–Kier alpha value is -0.440. The molecule has 68 valence electrons. The Balaban J connectivity index is 2.83. The Labute approximate surface area is 78.4 Å². The van der Waals surface area contributed by atoms with Crippen LogP contribution in [-0.4, -0.2) is 12.6 Å². The molecule has 1 fully saturated rings. The molecule has 1 aliphatic rings. The molecule has 0 unspecified atom stereocenters. The molecule has 1 saturated heterocycles. The van der Waals surface area contributed by atoms with Crippen LogP contribution >= 0.6 is 12.6 Å². The molecular formula is C9H14O2S. The minimum atomic E-state index is -0.181. The smallest absolute Gasteiger partial charge is 0.334 e. The molecule has 0 radical (unpaired) electrons. The molecule has 0 spiro atoms. The number of rotatable bonds is 1. The van der Waals surface area contributed by atoms with E-state index >= 15 is 0 Å². The molecule has 0 aromatic carbocycles. The van der Waals surface area contributed by atoms with E-state index in [0.29, 0.717) is 12.5 Å². The SMILES string of the molecule is CC(C)/C(S)=C1\CCCOC1=O. The molecule has 0 atom stereocenters.